The van der Waals surface area contributed by atoms with Gasteiger partial charge in [0.15, 0.2) is 5.65 Å². The van der Waals surface area contributed by atoms with Gasteiger partial charge in [-0.25, -0.2) is 14.5 Å². The van der Waals surface area contributed by atoms with E-state index in [0.717, 1.165) is 53.8 Å². The van der Waals surface area contributed by atoms with E-state index >= 15 is 0 Å². The normalized spacial score (nSPS) is 19.9. The first kappa shape index (κ1) is 21.4. The summed E-state index contributed by atoms with van der Waals surface area (Å²) in [5, 5.41) is 28.2. The summed E-state index contributed by atoms with van der Waals surface area (Å²) in [7, 11) is 0. The highest BCUT2D eigenvalue weighted by atomic mass is 16.7. The van der Waals surface area contributed by atoms with Crippen molar-refractivity contribution in [2.24, 2.45) is 5.16 Å². The molecule has 5 rings (SSSR count). The minimum atomic E-state index is -1.83. The summed E-state index contributed by atoms with van der Waals surface area (Å²) in [6.45, 7) is 5.03. The van der Waals surface area contributed by atoms with E-state index in [0.29, 0.717) is 6.04 Å². The Morgan fingerprint density at radius 1 is 1.26 bits per heavy atom. The second-order valence-corrected chi connectivity index (χ2v) is 8.75. The Labute approximate surface area is 181 Å². The van der Waals surface area contributed by atoms with Crippen LogP contribution in [0.3, 0.4) is 0 Å². The minimum absolute atomic E-state index is 0.0327. The number of aromatic nitrogens is 3. The SMILES string of the molecule is CCn1nc(C)c2c(NC3CCCCC3)c(C3=NOC4(CCC4)C3)cnc21.O=C(O)O. The lowest BCUT2D eigenvalue weighted by Gasteiger charge is -2.34. The van der Waals surface area contributed by atoms with Gasteiger partial charge in [0.1, 0.15) is 5.60 Å². The maximum Gasteiger partial charge on any atom is 0.503 e. The number of oxime groups is 1. The number of aryl methyl sites for hydroxylation is 2. The Bertz CT molecular complexity index is 985. The highest BCUT2D eigenvalue weighted by Gasteiger charge is 2.45. The Morgan fingerprint density at radius 3 is 2.55 bits per heavy atom. The zero-order valence-corrected chi connectivity index (χ0v) is 18.2. The fraction of sp³-hybridized carbons (Fsp3) is 0.636. The van der Waals surface area contributed by atoms with Crippen molar-refractivity contribution < 1.29 is 19.8 Å². The van der Waals surface area contributed by atoms with Gasteiger partial charge in [0.25, 0.3) is 0 Å². The predicted molar refractivity (Wildman–Crippen MR) is 118 cm³/mol. The lowest BCUT2D eigenvalue weighted by atomic mass is 9.76. The van der Waals surface area contributed by atoms with E-state index in [1.54, 1.807) is 0 Å². The van der Waals surface area contributed by atoms with Gasteiger partial charge in [-0.05, 0) is 46.0 Å². The van der Waals surface area contributed by atoms with Crippen molar-refractivity contribution in [2.45, 2.75) is 89.8 Å². The number of hydrogen-bond acceptors (Lipinski definition) is 6. The summed E-state index contributed by atoms with van der Waals surface area (Å²) in [6.07, 6.45) is 11.0. The zero-order valence-electron chi connectivity index (χ0n) is 18.2. The van der Waals surface area contributed by atoms with Gasteiger partial charge in [-0.3, -0.25) is 0 Å². The quantitative estimate of drug-likeness (QED) is 0.639. The van der Waals surface area contributed by atoms with Crippen LogP contribution in [-0.2, 0) is 11.4 Å². The summed E-state index contributed by atoms with van der Waals surface area (Å²) in [5.41, 5.74) is 5.30. The Hall–Kier alpha value is -2.84. The standard InChI is InChI=1S/C21H29N5O.CH2O3/c1-3-26-20-18(14(2)24-26)19(23-15-8-5-4-6-9-15)16(13-22-20)17-12-21(27-25-17)10-7-11-21;2-1(3)4/h13,15H,3-12H2,1-2H3,(H,22,23);(H2,2,3,4). The molecule has 31 heavy (non-hydrogen) atoms. The molecular weight excluding hydrogens is 398 g/mol. The molecule has 2 aromatic heterocycles. The van der Waals surface area contributed by atoms with E-state index in [-0.39, 0.29) is 5.60 Å². The van der Waals surface area contributed by atoms with Crippen LogP contribution < -0.4 is 5.32 Å². The lowest BCUT2D eigenvalue weighted by Crippen LogP contribution is -2.37. The largest absolute Gasteiger partial charge is 0.503 e. The number of rotatable bonds is 4. The summed E-state index contributed by atoms with van der Waals surface area (Å²) in [4.78, 5) is 19.2. The van der Waals surface area contributed by atoms with Crippen molar-refractivity contribution in [3.8, 4) is 0 Å². The van der Waals surface area contributed by atoms with Crippen molar-refractivity contribution in [1.29, 1.82) is 0 Å². The number of nitrogens with zero attached hydrogens (tertiary/aromatic N) is 4. The van der Waals surface area contributed by atoms with E-state index in [1.165, 1.54) is 44.2 Å². The van der Waals surface area contributed by atoms with E-state index in [9.17, 15) is 0 Å². The van der Waals surface area contributed by atoms with Crippen molar-refractivity contribution in [3.05, 3.63) is 17.5 Å². The molecule has 0 bridgehead atoms. The van der Waals surface area contributed by atoms with Crippen LogP contribution in [-0.4, -0.2) is 48.5 Å². The highest BCUT2D eigenvalue weighted by molar-refractivity contribution is 6.11. The molecule has 0 radical (unpaired) electrons. The van der Waals surface area contributed by atoms with E-state index in [4.69, 9.17) is 29.9 Å². The van der Waals surface area contributed by atoms with Crippen LogP contribution in [0.4, 0.5) is 10.5 Å². The van der Waals surface area contributed by atoms with Crippen LogP contribution in [0.5, 0.6) is 0 Å². The fourth-order valence-corrected chi connectivity index (χ4v) is 4.86. The molecule has 9 heteroatoms. The summed E-state index contributed by atoms with van der Waals surface area (Å²) in [5.74, 6) is 0. The van der Waals surface area contributed by atoms with Crippen LogP contribution in [0.2, 0.25) is 0 Å². The monoisotopic (exact) mass is 429 g/mol. The van der Waals surface area contributed by atoms with Gasteiger partial charge in [-0.1, -0.05) is 24.4 Å². The first-order valence-corrected chi connectivity index (χ1v) is 11.2. The number of carboxylic acid groups (broad SMARTS) is 2. The Morgan fingerprint density at radius 2 is 1.97 bits per heavy atom. The van der Waals surface area contributed by atoms with Gasteiger partial charge < -0.3 is 20.4 Å². The smallest absolute Gasteiger partial charge is 0.450 e. The average molecular weight is 430 g/mol. The van der Waals surface area contributed by atoms with E-state index < -0.39 is 6.16 Å². The molecular formula is C22H31N5O4. The fourth-order valence-electron chi connectivity index (χ4n) is 4.86. The molecule has 2 aliphatic carbocycles. The van der Waals surface area contributed by atoms with Gasteiger partial charge in [0, 0.05) is 30.8 Å². The molecule has 9 nitrogen and oxygen atoms in total. The van der Waals surface area contributed by atoms with Crippen LogP contribution in [0.25, 0.3) is 11.0 Å². The molecule has 3 N–H and O–H groups in total. The van der Waals surface area contributed by atoms with Gasteiger partial charge in [0.05, 0.1) is 22.5 Å². The summed E-state index contributed by atoms with van der Waals surface area (Å²) < 4.78 is 2.00. The average Bonchev–Trinajstić information content (AvgIpc) is 3.31. The maximum atomic E-state index is 8.56. The van der Waals surface area contributed by atoms with Crippen LogP contribution in [0.15, 0.2) is 11.4 Å². The second-order valence-electron chi connectivity index (χ2n) is 8.75. The van der Waals surface area contributed by atoms with Crippen molar-refractivity contribution in [3.63, 3.8) is 0 Å². The third-order valence-corrected chi connectivity index (χ3v) is 6.60. The molecule has 168 valence electrons. The van der Waals surface area contributed by atoms with Crippen molar-refractivity contribution >= 4 is 28.6 Å². The maximum absolute atomic E-state index is 8.56. The molecule has 0 unspecified atom stereocenters. The summed E-state index contributed by atoms with van der Waals surface area (Å²) in [6, 6.07) is 0.521. The number of nitrogens with one attached hydrogen (secondary N) is 1. The lowest BCUT2D eigenvalue weighted by molar-refractivity contribution is -0.0755. The van der Waals surface area contributed by atoms with Gasteiger partial charge in [-0.15, -0.1) is 0 Å². The first-order chi connectivity index (χ1) is 14.9. The molecule has 3 aliphatic rings. The molecule has 1 spiro atoms. The van der Waals surface area contributed by atoms with Gasteiger partial charge in [-0.2, -0.15) is 5.10 Å². The second kappa shape index (κ2) is 8.72. The molecule has 0 saturated heterocycles. The van der Waals surface area contributed by atoms with Crippen LogP contribution in [0.1, 0.15) is 76.0 Å². The molecule has 2 saturated carbocycles. The Kier molecular flexibility index (Phi) is 6.02. The molecule has 0 atom stereocenters. The number of anilines is 1. The predicted octanol–water partition coefficient (Wildman–Crippen LogP) is 4.77. The van der Waals surface area contributed by atoms with E-state index in [2.05, 4.69) is 24.3 Å². The number of hydrogen-bond donors (Lipinski definition) is 3. The van der Waals surface area contributed by atoms with Crippen molar-refractivity contribution in [2.75, 3.05) is 5.32 Å². The number of carbonyl (C=O) groups is 1. The van der Waals surface area contributed by atoms with Crippen LogP contribution >= 0.6 is 0 Å². The Balaban J connectivity index is 0.000000535. The topological polar surface area (TPSA) is 122 Å². The zero-order chi connectivity index (χ0) is 22.0. The van der Waals surface area contributed by atoms with Gasteiger partial charge >= 0.3 is 6.16 Å². The van der Waals surface area contributed by atoms with Crippen molar-refractivity contribution in [1.82, 2.24) is 14.8 Å². The first-order valence-electron chi connectivity index (χ1n) is 11.2. The number of pyridine rings is 1. The minimum Gasteiger partial charge on any atom is -0.450 e. The van der Waals surface area contributed by atoms with Gasteiger partial charge in [0.2, 0.25) is 0 Å². The molecule has 2 fully saturated rings. The molecule has 2 aromatic rings. The highest BCUT2D eigenvalue weighted by Crippen LogP contribution is 2.44. The van der Waals surface area contributed by atoms with Crippen LogP contribution in [0, 0.1) is 6.92 Å². The number of fused-ring (bicyclic) bond motifs is 1. The molecule has 0 aromatic carbocycles. The molecule has 0 amide bonds. The third kappa shape index (κ3) is 4.31. The third-order valence-electron chi connectivity index (χ3n) is 6.60. The molecule has 3 heterocycles. The van der Waals surface area contributed by atoms with E-state index in [1.807, 2.05) is 10.9 Å². The summed E-state index contributed by atoms with van der Waals surface area (Å²) >= 11 is 0. The molecule has 1 aliphatic heterocycles.